The van der Waals surface area contributed by atoms with Gasteiger partial charge in [-0.15, -0.1) is 0 Å². The van der Waals surface area contributed by atoms with Crippen LogP contribution in [0.3, 0.4) is 0 Å². The van der Waals surface area contributed by atoms with Crippen LogP contribution in [0.4, 0.5) is 21.0 Å². The first-order chi connectivity index (χ1) is 10.0. The lowest BCUT2D eigenvalue weighted by Gasteiger charge is -2.24. The van der Waals surface area contributed by atoms with E-state index in [1.54, 1.807) is 16.8 Å². The second kappa shape index (κ2) is 6.47. The molecule has 0 saturated carbocycles. The highest BCUT2D eigenvalue weighted by Crippen LogP contribution is 2.21. The zero-order chi connectivity index (χ0) is 15.4. The summed E-state index contributed by atoms with van der Waals surface area (Å²) in [5, 5.41) is 5.62. The molecule has 1 atom stereocenters. The van der Waals surface area contributed by atoms with Gasteiger partial charge in [-0.1, -0.05) is 13.0 Å². The van der Waals surface area contributed by atoms with Gasteiger partial charge in [-0.25, -0.2) is 9.59 Å². The summed E-state index contributed by atoms with van der Waals surface area (Å²) in [6.45, 7) is 5.33. The maximum Gasteiger partial charge on any atom is 0.321 e. The number of amides is 4. The third-order valence-electron chi connectivity index (χ3n) is 3.84. The normalized spacial score (nSPS) is 15.6. The summed E-state index contributed by atoms with van der Waals surface area (Å²) in [4.78, 5) is 27.1. The van der Waals surface area contributed by atoms with Crippen molar-refractivity contribution in [1.29, 1.82) is 0 Å². The van der Waals surface area contributed by atoms with E-state index in [4.69, 9.17) is 0 Å². The van der Waals surface area contributed by atoms with Gasteiger partial charge >= 0.3 is 12.1 Å². The predicted molar refractivity (Wildman–Crippen MR) is 83.7 cm³/mol. The van der Waals surface area contributed by atoms with Crippen LogP contribution in [-0.2, 0) is 0 Å². The lowest BCUT2D eigenvalue weighted by molar-refractivity contribution is 0.206. The minimum atomic E-state index is -0.146. The molecular formula is C15H22N4O2. The van der Waals surface area contributed by atoms with Crippen LogP contribution in [0.15, 0.2) is 24.3 Å². The molecule has 0 aliphatic carbocycles. The molecule has 0 aromatic heterocycles. The number of hydrogen-bond donors (Lipinski definition) is 2. The summed E-state index contributed by atoms with van der Waals surface area (Å²) in [5.74, 6) is 0. The average Bonchev–Trinajstić information content (AvgIpc) is 2.92. The molecule has 1 aromatic carbocycles. The summed E-state index contributed by atoms with van der Waals surface area (Å²) >= 11 is 0. The average molecular weight is 290 g/mol. The maximum atomic E-state index is 12.1. The van der Waals surface area contributed by atoms with Crippen molar-refractivity contribution in [2.45, 2.75) is 26.3 Å². The van der Waals surface area contributed by atoms with Gasteiger partial charge in [0.25, 0.3) is 0 Å². The molecule has 2 rings (SSSR count). The van der Waals surface area contributed by atoms with E-state index in [1.165, 1.54) is 0 Å². The number of urea groups is 2. The zero-order valence-corrected chi connectivity index (χ0v) is 12.7. The molecular weight excluding hydrogens is 268 g/mol. The maximum absolute atomic E-state index is 12.1. The summed E-state index contributed by atoms with van der Waals surface area (Å²) < 4.78 is 0. The van der Waals surface area contributed by atoms with Crippen LogP contribution in [0.25, 0.3) is 0 Å². The Kier molecular flexibility index (Phi) is 4.67. The number of rotatable bonds is 4. The summed E-state index contributed by atoms with van der Waals surface area (Å²) in [6.07, 6.45) is 0.901. The molecule has 1 heterocycles. The Morgan fingerprint density at radius 3 is 2.90 bits per heavy atom. The zero-order valence-electron chi connectivity index (χ0n) is 12.7. The van der Waals surface area contributed by atoms with E-state index in [-0.39, 0.29) is 18.1 Å². The van der Waals surface area contributed by atoms with E-state index in [0.29, 0.717) is 18.8 Å². The smallest absolute Gasteiger partial charge is 0.321 e. The topological polar surface area (TPSA) is 64.7 Å². The molecule has 1 unspecified atom stereocenters. The number of anilines is 2. The fourth-order valence-corrected chi connectivity index (χ4v) is 2.16. The van der Waals surface area contributed by atoms with E-state index in [0.717, 1.165) is 12.1 Å². The number of carbonyl (C=O) groups excluding carboxylic acids is 2. The van der Waals surface area contributed by atoms with Gasteiger partial charge < -0.3 is 15.5 Å². The van der Waals surface area contributed by atoms with Crippen LogP contribution in [-0.4, -0.2) is 43.1 Å². The van der Waals surface area contributed by atoms with E-state index >= 15 is 0 Å². The Labute approximate surface area is 125 Å². The van der Waals surface area contributed by atoms with Crippen LogP contribution in [0.5, 0.6) is 0 Å². The first-order valence-electron chi connectivity index (χ1n) is 7.22. The van der Waals surface area contributed by atoms with E-state index in [2.05, 4.69) is 10.6 Å². The van der Waals surface area contributed by atoms with E-state index in [1.807, 2.05) is 38.1 Å². The number of hydrogen-bond acceptors (Lipinski definition) is 2. The van der Waals surface area contributed by atoms with Crippen LogP contribution in [0.2, 0.25) is 0 Å². The van der Waals surface area contributed by atoms with Crippen LogP contribution >= 0.6 is 0 Å². The molecule has 0 bridgehead atoms. The van der Waals surface area contributed by atoms with Crippen LogP contribution in [0, 0.1) is 0 Å². The van der Waals surface area contributed by atoms with E-state index in [9.17, 15) is 9.59 Å². The quantitative estimate of drug-likeness (QED) is 0.894. The van der Waals surface area contributed by atoms with Gasteiger partial charge in [0.1, 0.15) is 0 Å². The highest BCUT2D eigenvalue weighted by molar-refractivity contribution is 5.95. The molecule has 1 aromatic rings. The molecule has 1 saturated heterocycles. The Morgan fingerprint density at radius 2 is 2.29 bits per heavy atom. The van der Waals surface area contributed by atoms with Gasteiger partial charge in [-0.3, -0.25) is 4.90 Å². The fraction of sp³-hybridized carbons (Fsp3) is 0.467. The lowest BCUT2D eigenvalue weighted by atomic mass is 10.2. The highest BCUT2D eigenvalue weighted by atomic mass is 16.2. The van der Waals surface area contributed by atoms with Gasteiger partial charge in [0, 0.05) is 37.6 Å². The highest BCUT2D eigenvalue weighted by Gasteiger charge is 2.21. The Morgan fingerprint density at radius 1 is 1.52 bits per heavy atom. The van der Waals surface area contributed by atoms with Crippen molar-refractivity contribution in [3.05, 3.63) is 24.3 Å². The molecule has 114 valence electrons. The van der Waals surface area contributed by atoms with Crippen molar-refractivity contribution in [3.8, 4) is 0 Å². The van der Waals surface area contributed by atoms with Gasteiger partial charge in [0.2, 0.25) is 0 Å². The van der Waals surface area contributed by atoms with Crippen molar-refractivity contribution < 1.29 is 9.59 Å². The van der Waals surface area contributed by atoms with Crippen molar-refractivity contribution in [2.75, 3.05) is 30.4 Å². The number of benzene rings is 1. The van der Waals surface area contributed by atoms with Crippen LogP contribution in [0.1, 0.15) is 20.3 Å². The molecule has 1 fully saturated rings. The Balaban J connectivity index is 2.07. The largest absolute Gasteiger partial charge is 0.336 e. The van der Waals surface area contributed by atoms with E-state index < -0.39 is 0 Å². The molecule has 1 aliphatic heterocycles. The minimum Gasteiger partial charge on any atom is -0.336 e. The molecule has 0 radical (unpaired) electrons. The van der Waals surface area contributed by atoms with Gasteiger partial charge in [0.05, 0.1) is 0 Å². The first-order valence-corrected chi connectivity index (χ1v) is 7.22. The third kappa shape index (κ3) is 3.45. The Hall–Kier alpha value is -2.24. The van der Waals surface area contributed by atoms with Gasteiger partial charge in [-0.05, 0) is 31.5 Å². The molecule has 6 nitrogen and oxygen atoms in total. The number of nitrogens with zero attached hydrogens (tertiary/aromatic N) is 2. The minimum absolute atomic E-state index is 0.102. The fourth-order valence-electron chi connectivity index (χ4n) is 2.16. The standard InChI is InChI=1S/C15H22N4O2/c1-4-11(2)18(3)15(21)17-12-6-5-7-13(10-12)19-9-8-16-14(19)20/h5-7,10-11H,4,8-9H2,1-3H3,(H,16,20)(H,17,21). The summed E-state index contributed by atoms with van der Waals surface area (Å²) in [7, 11) is 1.78. The molecule has 4 amide bonds. The second-order valence-electron chi connectivity index (χ2n) is 5.23. The Bertz CT molecular complexity index is 532. The van der Waals surface area contributed by atoms with Crippen molar-refractivity contribution in [2.24, 2.45) is 0 Å². The van der Waals surface area contributed by atoms with Crippen molar-refractivity contribution in [3.63, 3.8) is 0 Å². The van der Waals surface area contributed by atoms with Gasteiger partial charge in [0.15, 0.2) is 0 Å². The second-order valence-corrected chi connectivity index (χ2v) is 5.23. The third-order valence-corrected chi connectivity index (χ3v) is 3.84. The number of carbonyl (C=O) groups is 2. The summed E-state index contributed by atoms with van der Waals surface area (Å²) in [5.41, 5.74) is 1.47. The van der Waals surface area contributed by atoms with Gasteiger partial charge in [-0.2, -0.15) is 0 Å². The molecule has 1 aliphatic rings. The lowest BCUT2D eigenvalue weighted by Crippen LogP contribution is -2.37. The molecule has 21 heavy (non-hydrogen) atoms. The SMILES string of the molecule is CCC(C)N(C)C(=O)Nc1cccc(N2CCNC2=O)c1. The van der Waals surface area contributed by atoms with Crippen molar-refractivity contribution >= 4 is 23.4 Å². The number of nitrogens with one attached hydrogen (secondary N) is 2. The first kappa shape index (κ1) is 15.2. The monoisotopic (exact) mass is 290 g/mol. The van der Waals surface area contributed by atoms with Crippen LogP contribution < -0.4 is 15.5 Å². The molecule has 2 N–H and O–H groups in total. The predicted octanol–water partition coefficient (Wildman–Crippen LogP) is 2.48. The molecule has 0 spiro atoms. The van der Waals surface area contributed by atoms with Crippen molar-refractivity contribution in [1.82, 2.24) is 10.2 Å². The summed E-state index contributed by atoms with van der Waals surface area (Å²) in [6, 6.07) is 7.26. The molecule has 6 heteroatoms.